The van der Waals surface area contributed by atoms with Crippen LogP contribution in [0.1, 0.15) is 40.2 Å². The molecule has 0 heterocycles. The Hall–Kier alpha value is -1.24. The monoisotopic (exact) mass is 306 g/mol. The first kappa shape index (κ1) is 16.1. The fourth-order valence-corrected chi connectivity index (χ4v) is 4.17. The summed E-state index contributed by atoms with van der Waals surface area (Å²) in [6.07, 6.45) is 0.0954. The van der Waals surface area contributed by atoms with E-state index in [2.05, 4.69) is 46.0 Å². The van der Waals surface area contributed by atoms with Crippen molar-refractivity contribution < 1.29 is 4.74 Å². The standard InChI is InChI=1S/C17H23ClN2O/c1-6-20-14-16(2,3)15(17(14,4)5)21-12-8-7-11(10-19)13(18)9-12/h7-9,14-15,20H,6H2,1-5H3/t14-,15-. The summed E-state index contributed by atoms with van der Waals surface area (Å²) < 4.78 is 6.20. The van der Waals surface area contributed by atoms with Crippen LogP contribution < -0.4 is 10.1 Å². The van der Waals surface area contributed by atoms with Crippen LogP contribution in [-0.4, -0.2) is 18.7 Å². The number of nitrogens with one attached hydrogen (secondary N) is 1. The van der Waals surface area contributed by atoms with Gasteiger partial charge in [-0.25, -0.2) is 0 Å². The molecule has 0 amide bonds. The molecule has 1 fully saturated rings. The van der Waals surface area contributed by atoms with Crippen molar-refractivity contribution in [3.63, 3.8) is 0 Å². The lowest BCUT2D eigenvalue weighted by atomic mass is 9.49. The lowest BCUT2D eigenvalue weighted by Gasteiger charge is -2.63. The van der Waals surface area contributed by atoms with Crippen LogP contribution in [0.15, 0.2) is 18.2 Å². The number of hydrogen-bond donors (Lipinski definition) is 1. The molecule has 0 aromatic heterocycles. The number of nitriles is 1. The van der Waals surface area contributed by atoms with Gasteiger partial charge in [-0.3, -0.25) is 0 Å². The zero-order valence-corrected chi connectivity index (χ0v) is 14.1. The minimum Gasteiger partial charge on any atom is -0.489 e. The Morgan fingerprint density at radius 2 is 1.90 bits per heavy atom. The molecule has 1 saturated carbocycles. The van der Waals surface area contributed by atoms with Crippen molar-refractivity contribution in [2.45, 2.75) is 46.8 Å². The summed E-state index contributed by atoms with van der Waals surface area (Å²) in [6, 6.07) is 7.73. The van der Waals surface area contributed by atoms with Gasteiger partial charge in [-0.1, -0.05) is 46.2 Å². The Labute approximate surface area is 132 Å². The fourth-order valence-electron chi connectivity index (χ4n) is 3.95. The second-order valence-electron chi connectivity index (χ2n) is 6.88. The minimum absolute atomic E-state index is 0.0416. The molecule has 0 saturated heterocycles. The van der Waals surface area contributed by atoms with Crippen LogP contribution in [0.3, 0.4) is 0 Å². The Kier molecular flexibility index (Phi) is 4.24. The van der Waals surface area contributed by atoms with E-state index in [9.17, 15) is 0 Å². The molecular formula is C17H23ClN2O. The highest BCUT2D eigenvalue weighted by Crippen LogP contribution is 2.55. The van der Waals surface area contributed by atoms with Crippen molar-refractivity contribution >= 4 is 11.6 Å². The maximum absolute atomic E-state index is 8.92. The van der Waals surface area contributed by atoms with E-state index in [4.69, 9.17) is 21.6 Å². The number of nitrogens with zero attached hydrogens (tertiary/aromatic N) is 1. The Morgan fingerprint density at radius 3 is 2.38 bits per heavy atom. The zero-order chi connectivity index (χ0) is 15.8. The largest absolute Gasteiger partial charge is 0.489 e. The molecule has 1 aliphatic carbocycles. The number of halogens is 1. The first-order valence-electron chi connectivity index (χ1n) is 7.34. The average molecular weight is 307 g/mol. The predicted molar refractivity (Wildman–Crippen MR) is 85.6 cm³/mol. The quantitative estimate of drug-likeness (QED) is 0.914. The van der Waals surface area contributed by atoms with Crippen LogP contribution in [-0.2, 0) is 0 Å². The molecule has 114 valence electrons. The molecule has 2 rings (SSSR count). The molecule has 0 atom stereocenters. The van der Waals surface area contributed by atoms with Crippen LogP contribution in [0.25, 0.3) is 0 Å². The summed E-state index contributed by atoms with van der Waals surface area (Å²) in [5.41, 5.74) is 0.557. The van der Waals surface area contributed by atoms with Crippen LogP contribution in [0.4, 0.5) is 0 Å². The van der Waals surface area contributed by atoms with Crippen LogP contribution in [0.5, 0.6) is 5.75 Å². The molecule has 1 aromatic rings. The maximum Gasteiger partial charge on any atom is 0.121 e. The van der Waals surface area contributed by atoms with Crippen molar-refractivity contribution in [1.29, 1.82) is 5.26 Å². The van der Waals surface area contributed by atoms with Crippen molar-refractivity contribution in [2.75, 3.05) is 6.54 Å². The third-order valence-electron chi connectivity index (χ3n) is 4.56. The van der Waals surface area contributed by atoms with E-state index in [0.717, 1.165) is 12.3 Å². The Bertz CT molecular complexity index is 559. The normalized spacial score (nSPS) is 25.8. The summed E-state index contributed by atoms with van der Waals surface area (Å²) >= 11 is 6.08. The summed E-state index contributed by atoms with van der Waals surface area (Å²) in [6.45, 7) is 12.0. The van der Waals surface area contributed by atoms with Gasteiger partial charge < -0.3 is 10.1 Å². The molecule has 1 N–H and O–H groups in total. The molecule has 1 aliphatic rings. The van der Waals surface area contributed by atoms with E-state index in [1.54, 1.807) is 12.1 Å². The highest BCUT2D eigenvalue weighted by Gasteiger charge is 2.63. The van der Waals surface area contributed by atoms with Gasteiger partial charge in [0, 0.05) is 22.9 Å². The average Bonchev–Trinajstić information content (AvgIpc) is 2.41. The van der Waals surface area contributed by atoms with Crippen molar-refractivity contribution in [3.8, 4) is 11.8 Å². The summed E-state index contributed by atoms with van der Waals surface area (Å²) in [4.78, 5) is 0. The molecule has 0 spiro atoms. The molecule has 21 heavy (non-hydrogen) atoms. The van der Waals surface area contributed by atoms with Gasteiger partial charge in [0.25, 0.3) is 0 Å². The van der Waals surface area contributed by atoms with Crippen LogP contribution in [0.2, 0.25) is 5.02 Å². The minimum atomic E-state index is 0.0416. The van der Waals surface area contributed by atoms with Crippen molar-refractivity contribution in [3.05, 3.63) is 28.8 Å². The lowest BCUT2D eigenvalue weighted by Crippen LogP contribution is -2.74. The fraction of sp³-hybridized carbons (Fsp3) is 0.588. The van der Waals surface area contributed by atoms with E-state index < -0.39 is 0 Å². The SMILES string of the molecule is CCN[C@H]1C(C)(C)[C@H](Oc2ccc(C#N)c(Cl)c2)C1(C)C. The highest BCUT2D eigenvalue weighted by atomic mass is 35.5. The predicted octanol–water partition coefficient (Wildman–Crippen LogP) is 4.00. The summed E-state index contributed by atoms with van der Waals surface area (Å²) in [5, 5.41) is 12.9. The van der Waals surface area contributed by atoms with Crippen molar-refractivity contribution in [1.82, 2.24) is 5.32 Å². The maximum atomic E-state index is 8.92. The molecule has 1 aromatic carbocycles. The molecule has 3 nitrogen and oxygen atoms in total. The molecular weight excluding hydrogens is 284 g/mol. The van der Waals surface area contributed by atoms with Crippen LogP contribution in [0, 0.1) is 22.2 Å². The van der Waals surface area contributed by atoms with Crippen molar-refractivity contribution in [2.24, 2.45) is 10.8 Å². The van der Waals surface area contributed by atoms with Gasteiger partial charge in [0.1, 0.15) is 17.9 Å². The smallest absolute Gasteiger partial charge is 0.121 e. The van der Waals surface area contributed by atoms with E-state index in [0.29, 0.717) is 16.6 Å². The van der Waals surface area contributed by atoms with Gasteiger partial charge in [0.2, 0.25) is 0 Å². The Morgan fingerprint density at radius 1 is 1.29 bits per heavy atom. The van der Waals surface area contributed by atoms with Gasteiger partial charge in [-0.05, 0) is 18.7 Å². The first-order valence-corrected chi connectivity index (χ1v) is 7.72. The molecule has 0 aliphatic heterocycles. The molecule has 0 unspecified atom stereocenters. The summed E-state index contributed by atoms with van der Waals surface area (Å²) in [7, 11) is 0. The van der Waals surface area contributed by atoms with Crippen LogP contribution >= 0.6 is 11.6 Å². The zero-order valence-electron chi connectivity index (χ0n) is 13.3. The van der Waals surface area contributed by atoms with Gasteiger partial charge in [0.05, 0.1) is 10.6 Å². The Balaban J connectivity index is 2.20. The number of rotatable bonds is 4. The van der Waals surface area contributed by atoms with Gasteiger partial charge in [-0.2, -0.15) is 5.26 Å². The van der Waals surface area contributed by atoms with E-state index in [1.165, 1.54) is 0 Å². The highest BCUT2D eigenvalue weighted by molar-refractivity contribution is 6.31. The van der Waals surface area contributed by atoms with E-state index in [1.807, 2.05) is 6.07 Å². The number of benzene rings is 1. The third-order valence-corrected chi connectivity index (χ3v) is 4.88. The molecule has 4 heteroatoms. The topological polar surface area (TPSA) is 45.0 Å². The molecule has 0 bridgehead atoms. The lowest BCUT2D eigenvalue weighted by molar-refractivity contribution is -0.167. The second kappa shape index (κ2) is 5.51. The van der Waals surface area contributed by atoms with Gasteiger partial charge in [-0.15, -0.1) is 0 Å². The van der Waals surface area contributed by atoms with E-state index >= 15 is 0 Å². The van der Waals surface area contributed by atoms with Gasteiger partial charge in [0.15, 0.2) is 0 Å². The third kappa shape index (κ3) is 2.63. The molecule has 0 radical (unpaired) electrons. The first-order chi connectivity index (χ1) is 9.75. The second-order valence-corrected chi connectivity index (χ2v) is 7.29. The number of hydrogen-bond acceptors (Lipinski definition) is 3. The van der Waals surface area contributed by atoms with E-state index in [-0.39, 0.29) is 16.9 Å². The van der Waals surface area contributed by atoms with Gasteiger partial charge >= 0.3 is 0 Å². The summed E-state index contributed by atoms with van der Waals surface area (Å²) in [5.74, 6) is 0.722. The number of ether oxygens (including phenoxy) is 1.